The Hall–Kier alpha value is -2.08. The number of carbonyl (C=O) groups is 1. The quantitative estimate of drug-likeness (QED) is 0.288. The van der Waals surface area contributed by atoms with E-state index in [0.29, 0.717) is 30.3 Å². The number of hydrogen-bond acceptors (Lipinski definition) is 5. The second-order valence-electron chi connectivity index (χ2n) is 8.08. The highest BCUT2D eigenvalue weighted by molar-refractivity contribution is 6.30. The molecular weight excluding hydrogens is 426 g/mol. The fourth-order valence-corrected chi connectivity index (χ4v) is 3.68. The number of unbranched alkanes of at least 4 members (excludes halogenated alkanes) is 2. The van der Waals surface area contributed by atoms with E-state index >= 15 is 0 Å². The molecule has 2 N–H and O–H groups in total. The summed E-state index contributed by atoms with van der Waals surface area (Å²) in [6.45, 7) is 6.81. The zero-order valence-electron chi connectivity index (χ0n) is 19.4. The molecule has 0 fully saturated rings. The van der Waals surface area contributed by atoms with E-state index in [1.807, 2.05) is 36.4 Å². The molecule has 0 heterocycles. The number of carbonyl (C=O) groups excluding carboxylic acids is 1. The fraction of sp³-hybridized carbons (Fsp3) is 0.500. The van der Waals surface area contributed by atoms with Crippen LogP contribution in [0.25, 0.3) is 0 Å². The van der Waals surface area contributed by atoms with Crippen molar-refractivity contribution >= 4 is 17.6 Å². The summed E-state index contributed by atoms with van der Waals surface area (Å²) in [7, 11) is 0. The number of nitrogens with one attached hydrogen (secondary N) is 1. The Morgan fingerprint density at radius 2 is 1.88 bits per heavy atom. The number of aliphatic hydroxyl groups is 1. The van der Waals surface area contributed by atoms with Crippen LogP contribution >= 0.6 is 11.6 Å². The highest BCUT2D eigenvalue weighted by Gasteiger charge is 2.21. The van der Waals surface area contributed by atoms with Crippen LogP contribution in [0.3, 0.4) is 0 Å². The molecule has 3 unspecified atom stereocenters. The molecule has 0 radical (unpaired) electrons. The lowest BCUT2D eigenvalue weighted by molar-refractivity contribution is -0.151. The molecule has 2 rings (SSSR count). The lowest BCUT2D eigenvalue weighted by Gasteiger charge is -2.19. The smallest absolute Gasteiger partial charge is 0.347 e. The third-order valence-corrected chi connectivity index (χ3v) is 5.49. The number of esters is 1. The first-order valence-corrected chi connectivity index (χ1v) is 11.9. The monoisotopic (exact) mass is 461 g/mol. The summed E-state index contributed by atoms with van der Waals surface area (Å²) >= 11 is 6.00. The van der Waals surface area contributed by atoms with Crippen molar-refractivity contribution in [2.45, 2.75) is 71.1 Å². The molecule has 2 aromatic rings. The molecule has 5 nitrogen and oxygen atoms in total. The van der Waals surface area contributed by atoms with Gasteiger partial charge in [0, 0.05) is 17.6 Å². The Morgan fingerprint density at radius 1 is 1.12 bits per heavy atom. The molecule has 0 aromatic heterocycles. The molecule has 3 atom stereocenters. The van der Waals surface area contributed by atoms with Crippen molar-refractivity contribution < 1.29 is 19.4 Å². The Balaban J connectivity index is 1.85. The van der Waals surface area contributed by atoms with Crippen LogP contribution in [-0.2, 0) is 16.0 Å². The maximum atomic E-state index is 12.2. The van der Waals surface area contributed by atoms with Gasteiger partial charge in [0.1, 0.15) is 5.75 Å². The minimum absolute atomic E-state index is 0.178. The Bertz CT molecular complexity index is 812. The number of aliphatic hydroxyl groups excluding tert-OH is 1. The van der Waals surface area contributed by atoms with Gasteiger partial charge in [0.2, 0.25) is 0 Å². The molecule has 0 bridgehead atoms. The maximum absolute atomic E-state index is 12.2. The van der Waals surface area contributed by atoms with Gasteiger partial charge in [0.05, 0.1) is 12.7 Å². The Kier molecular flexibility index (Phi) is 11.6. The van der Waals surface area contributed by atoms with E-state index in [-0.39, 0.29) is 12.0 Å². The van der Waals surface area contributed by atoms with Crippen molar-refractivity contribution in [3.8, 4) is 5.75 Å². The summed E-state index contributed by atoms with van der Waals surface area (Å²) in [5, 5.41) is 14.4. The third-order valence-electron chi connectivity index (χ3n) is 5.26. The van der Waals surface area contributed by atoms with Gasteiger partial charge >= 0.3 is 5.97 Å². The van der Waals surface area contributed by atoms with E-state index in [2.05, 4.69) is 19.2 Å². The number of ether oxygens (including phenoxy) is 2. The van der Waals surface area contributed by atoms with Crippen LogP contribution in [0.4, 0.5) is 0 Å². The topological polar surface area (TPSA) is 67.8 Å². The van der Waals surface area contributed by atoms with Gasteiger partial charge in [-0.3, -0.25) is 0 Å². The minimum atomic E-state index is -0.612. The first kappa shape index (κ1) is 26.2. The average Bonchev–Trinajstić information content (AvgIpc) is 2.78. The van der Waals surface area contributed by atoms with Crippen molar-refractivity contribution in [1.29, 1.82) is 0 Å². The summed E-state index contributed by atoms with van der Waals surface area (Å²) in [5.41, 5.74) is 1.95. The molecule has 0 aliphatic rings. The van der Waals surface area contributed by atoms with Gasteiger partial charge in [0.15, 0.2) is 6.10 Å². The van der Waals surface area contributed by atoms with Crippen molar-refractivity contribution in [2.24, 2.45) is 0 Å². The van der Waals surface area contributed by atoms with Gasteiger partial charge in [-0.05, 0) is 68.5 Å². The van der Waals surface area contributed by atoms with Crippen LogP contribution in [0.1, 0.15) is 63.7 Å². The average molecular weight is 462 g/mol. The molecule has 6 heteroatoms. The number of rotatable bonds is 14. The highest BCUT2D eigenvalue weighted by Crippen LogP contribution is 2.19. The predicted molar refractivity (Wildman–Crippen MR) is 129 cm³/mol. The van der Waals surface area contributed by atoms with Gasteiger partial charge in [-0.1, -0.05) is 55.6 Å². The summed E-state index contributed by atoms with van der Waals surface area (Å²) in [4.78, 5) is 12.2. The summed E-state index contributed by atoms with van der Waals surface area (Å²) in [5.74, 6) is 0.365. The predicted octanol–water partition coefficient (Wildman–Crippen LogP) is 5.49. The Morgan fingerprint density at radius 3 is 2.53 bits per heavy atom. The largest absolute Gasteiger partial charge is 0.479 e. The zero-order valence-corrected chi connectivity index (χ0v) is 20.1. The van der Waals surface area contributed by atoms with Crippen molar-refractivity contribution in [2.75, 3.05) is 13.2 Å². The van der Waals surface area contributed by atoms with Gasteiger partial charge < -0.3 is 19.9 Å². The SMILES string of the molecule is CCCCCC(Oc1ccc(CC(C)NCC(O)c2cccc(Cl)c2)cc1)C(=O)OCC. The van der Waals surface area contributed by atoms with E-state index in [1.54, 1.807) is 19.1 Å². The van der Waals surface area contributed by atoms with Gasteiger partial charge in [-0.2, -0.15) is 0 Å². The molecule has 0 saturated carbocycles. The first-order chi connectivity index (χ1) is 15.4. The summed E-state index contributed by atoms with van der Waals surface area (Å²) in [6, 6.07) is 15.3. The highest BCUT2D eigenvalue weighted by atomic mass is 35.5. The molecule has 2 aromatic carbocycles. The van der Waals surface area contributed by atoms with Crippen LogP contribution in [0.5, 0.6) is 5.75 Å². The van der Waals surface area contributed by atoms with Crippen LogP contribution in [-0.4, -0.2) is 36.4 Å². The summed E-state index contributed by atoms with van der Waals surface area (Å²) < 4.78 is 11.1. The molecule has 0 aliphatic carbocycles. The van der Waals surface area contributed by atoms with Crippen LogP contribution in [0, 0.1) is 0 Å². The van der Waals surface area contributed by atoms with Gasteiger partial charge in [-0.25, -0.2) is 4.79 Å². The zero-order chi connectivity index (χ0) is 23.3. The van der Waals surface area contributed by atoms with E-state index in [4.69, 9.17) is 21.1 Å². The third kappa shape index (κ3) is 9.19. The lowest BCUT2D eigenvalue weighted by atomic mass is 10.1. The molecular formula is C26H36ClNO4. The maximum Gasteiger partial charge on any atom is 0.347 e. The summed E-state index contributed by atoms with van der Waals surface area (Å²) in [6.07, 6.45) is 3.37. The van der Waals surface area contributed by atoms with E-state index in [1.165, 1.54) is 0 Å². The van der Waals surface area contributed by atoms with Crippen molar-refractivity contribution in [3.63, 3.8) is 0 Å². The normalized spacial score (nSPS) is 13.9. The molecule has 176 valence electrons. The van der Waals surface area contributed by atoms with Crippen LogP contribution in [0.2, 0.25) is 5.02 Å². The second-order valence-corrected chi connectivity index (χ2v) is 8.52. The van der Waals surface area contributed by atoms with E-state index < -0.39 is 12.2 Å². The molecule has 0 amide bonds. The van der Waals surface area contributed by atoms with Crippen molar-refractivity contribution in [3.05, 3.63) is 64.7 Å². The van der Waals surface area contributed by atoms with Crippen LogP contribution < -0.4 is 10.1 Å². The molecule has 0 saturated heterocycles. The second kappa shape index (κ2) is 14.1. The minimum Gasteiger partial charge on any atom is -0.479 e. The first-order valence-electron chi connectivity index (χ1n) is 11.5. The van der Waals surface area contributed by atoms with E-state index in [0.717, 1.165) is 36.8 Å². The van der Waals surface area contributed by atoms with Crippen molar-refractivity contribution in [1.82, 2.24) is 5.32 Å². The fourth-order valence-electron chi connectivity index (χ4n) is 3.48. The van der Waals surface area contributed by atoms with Gasteiger partial charge in [-0.15, -0.1) is 0 Å². The molecule has 0 aliphatic heterocycles. The number of hydrogen-bond donors (Lipinski definition) is 2. The standard InChI is InChI=1S/C26H36ClNO4/c1-4-6-7-11-25(26(30)31-5-2)32-23-14-12-20(13-15-23)16-19(3)28-18-24(29)21-9-8-10-22(27)17-21/h8-10,12-15,17,19,24-25,28-29H,4-7,11,16,18H2,1-3H3. The van der Waals surface area contributed by atoms with Crippen LogP contribution in [0.15, 0.2) is 48.5 Å². The van der Waals surface area contributed by atoms with Gasteiger partial charge in [0.25, 0.3) is 0 Å². The lowest BCUT2D eigenvalue weighted by Crippen LogP contribution is -2.32. The number of benzene rings is 2. The Labute approximate surface area is 197 Å². The molecule has 32 heavy (non-hydrogen) atoms. The van der Waals surface area contributed by atoms with E-state index in [9.17, 15) is 9.90 Å². The number of halogens is 1. The molecule has 0 spiro atoms.